The molecule has 176 valence electrons. The first-order chi connectivity index (χ1) is 15.3. The number of benzene rings is 1. The maximum Gasteiger partial charge on any atom is 0.195 e. The molecule has 1 aromatic carbocycles. The zero-order valence-electron chi connectivity index (χ0n) is 18.8. The molecule has 0 amide bonds. The second-order valence-electron chi connectivity index (χ2n) is 8.18. The Kier molecular flexibility index (Phi) is 10.4. The van der Waals surface area contributed by atoms with Gasteiger partial charge in [-0.25, -0.2) is 0 Å². The lowest BCUT2D eigenvalue weighted by Crippen LogP contribution is -2.37. The first-order valence-electron chi connectivity index (χ1n) is 11.5. The summed E-state index contributed by atoms with van der Waals surface area (Å²) in [5.41, 5.74) is 0.963. The molecule has 32 heavy (non-hydrogen) atoms. The standard InChI is InChI=1S/C24H34N4O2S.HI/c1-2-28-12-3-6-19(18-28)17-26-24(25-11-10-21-7-4-15-31-21)27-20-8-9-22-23(16-20)30-14-5-13-29-22;/h4,7-9,15-16,19H,2-3,5-6,10-14,17-18H2,1H3,(H2,25,26,27);1H. The van der Waals surface area contributed by atoms with Gasteiger partial charge in [0.1, 0.15) is 0 Å². The largest absolute Gasteiger partial charge is 0.490 e. The van der Waals surface area contributed by atoms with Gasteiger partial charge >= 0.3 is 0 Å². The Bertz CT molecular complexity index is 847. The predicted molar refractivity (Wildman–Crippen MR) is 144 cm³/mol. The number of nitrogens with zero attached hydrogens (tertiary/aromatic N) is 2. The van der Waals surface area contributed by atoms with Gasteiger partial charge < -0.3 is 25.0 Å². The van der Waals surface area contributed by atoms with Crippen molar-refractivity contribution in [3.63, 3.8) is 0 Å². The number of aliphatic imine (C=N–C) groups is 1. The van der Waals surface area contributed by atoms with Gasteiger partial charge in [0.2, 0.25) is 0 Å². The normalized spacial score (nSPS) is 19.0. The molecule has 2 aliphatic heterocycles. The molecule has 0 saturated carbocycles. The van der Waals surface area contributed by atoms with Crippen LogP contribution >= 0.6 is 35.3 Å². The highest BCUT2D eigenvalue weighted by Gasteiger charge is 2.18. The SMILES string of the molecule is CCN1CCCC(CN=C(NCCc2cccs2)Nc2ccc3c(c2)OCCCO3)C1.I. The second kappa shape index (κ2) is 13.3. The molecule has 3 heterocycles. The number of piperidine rings is 1. The van der Waals surface area contributed by atoms with Crippen LogP contribution in [-0.4, -0.2) is 56.8 Å². The van der Waals surface area contributed by atoms with Crippen molar-refractivity contribution in [3.05, 3.63) is 40.6 Å². The molecule has 0 aliphatic carbocycles. The molecule has 4 rings (SSSR count). The fourth-order valence-corrected chi connectivity index (χ4v) is 4.79. The summed E-state index contributed by atoms with van der Waals surface area (Å²) in [5, 5.41) is 9.14. The van der Waals surface area contributed by atoms with Crippen LogP contribution in [-0.2, 0) is 6.42 Å². The third-order valence-corrected chi connectivity index (χ3v) is 6.75. The number of fused-ring (bicyclic) bond motifs is 1. The van der Waals surface area contributed by atoms with E-state index in [1.165, 1.54) is 24.3 Å². The summed E-state index contributed by atoms with van der Waals surface area (Å²) >= 11 is 1.80. The van der Waals surface area contributed by atoms with Gasteiger partial charge in [0, 0.05) is 42.7 Å². The van der Waals surface area contributed by atoms with Gasteiger partial charge in [0.25, 0.3) is 0 Å². The molecule has 0 spiro atoms. The number of guanidine groups is 1. The fourth-order valence-electron chi connectivity index (χ4n) is 4.08. The summed E-state index contributed by atoms with van der Waals surface area (Å²) in [5.74, 6) is 3.06. The van der Waals surface area contributed by atoms with E-state index in [-0.39, 0.29) is 24.0 Å². The van der Waals surface area contributed by atoms with Crippen molar-refractivity contribution in [1.29, 1.82) is 0 Å². The number of anilines is 1. The van der Waals surface area contributed by atoms with Gasteiger partial charge in [-0.05, 0) is 61.8 Å². The molecular formula is C24H35IN4O2S. The van der Waals surface area contributed by atoms with Crippen molar-refractivity contribution >= 4 is 47.0 Å². The Hall–Kier alpha value is -1.52. The highest BCUT2D eigenvalue weighted by atomic mass is 127. The van der Waals surface area contributed by atoms with E-state index in [2.05, 4.69) is 40.0 Å². The number of rotatable bonds is 7. The fraction of sp³-hybridized carbons (Fsp3) is 0.542. The molecule has 2 aliphatic rings. The number of thiophene rings is 1. The Balaban J connectivity index is 0.00000289. The highest BCUT2D eigenvalue weighted by Crippen LogP contribution is 2.32. The quantitative estimate of drug-likeness (QED) is 0.283. The van der Waals surface area contributed by atoms with E-state index in [0.717, 1.165) is 62.2 Å². The molecule has 6 nitrogen and oxygen atoms in total. The van der Waals surface area contributed by atoms with Gasteiger partial charge in [-0.15, -0.1) is 35.3 Å². The van der Waals surface area contributed by atoms with Crippen molar-refractivity contribution in [3.8, 4) is 11.5 Å². The average molecular weight is 571 g/mol. The lowest BCUT2D eigenvalue weighted by Gasteiger charge is -2.31. The summed E-state index contributed by atoms with van der Waals surface area (Å²) in [6.45, 7) is 8.82. The summed E-state index contributed by atoms with van der Waals surface area (Å²) in [4.78, 5) is 8.88. The van der Waals surface area contributed by atoms with Crippen molar-refractivity contribution < 1.29 is 9.47 Å². The maximum atomic E-state index is 5.85. The third-order valence-electron chi connectivity index (χ3n) is 5.81. The summed E-state index contributed by atoms with van der Waals surface area (Å²) in [6.07, 6.45) is 4.42. The van der Waals surface area contributed by atoms with Crippen LogP contribution in [0.15, 0.2) is 40.7 Å². The molecule has 1 atom stereocenters. The van der Waals surface area contributed by atoms with Gasteiger partial charge in [-0.1, -0.05) is 13.0 Å². The molecule has 1 saturated heterocycles. The first kappa shape index (κ1) is 25.1. The van der Waals surface area contributed by atoms with E-state index >= 15 is 0 Å². The Morgan fingerprint density at radius 3 is 2.88 bits per heavy atom. The van der Waals surface area contributed by atoms with Crippen LogP contribution in [0, 0.1) is 5.92 Å². The van der Waals surface area contributed by atoms with Gasteiger partial charge in [0.15, 0.2) is 17.5 Å². The van der Waals surface area contributed by atoms with Gasteiger partial charge in [-0.2, -0.15) is 0 Å². The third kappa shape index (κ3) is 7.52. The molecule has 1 fully saturated rings. The Morgan fingerprint density at radius 1 is 1.19 bits per heavy atom. The average Bonchev–Trinajstić information content (AvgIpc) is 3.21. The van der Waals surface area contributed by atoms with Crippen LogP contribution in [0.2, 0.25) is 0 Å². The van der Waals surface area contributed by atoms with E-state index in [0.29, 0.717) is 19.1 Å². The minimum absolute atomic E-state index is 0. The van der Waals surface area contributed by atoms with Crippen LogP contribution < -0.4 is 20.1 Å². The maximum absolute atomic E-state index is 5.85. The van der Waals surface area contributed by atoms with E-state index < -0.39 is 0 Å². The van der Waals surface area contributed by atoms with Crippen molar-refractivity contribution in [1.82, 2.24) is 10.2 Å². The minimum Gasteiger partial charge on any atom is -0.490 e. The van der Waals surface area contributed by atoms with Crippen molar-refractivity contribution in [2.24, 2.45) is 10.9 Å². The zero-order valence-corrected chi connectivity index (χ0v) is 22.0. The smallest absolute Gasteiger partial charge is 0.195 e. The number of likely N-dealkylation sites (tertiary alicyclic amines) is 1. The molecule has 0 radical (unpaired) electrons. The van der Waals surface area contributed by atoms with Crippen LogP contribution in [0.25, 0.3) is 0 Å². The summed E-state index contributed by atoms with van der Waals surface area (Å²) in [6, 6.07) is 10.3. The van der Waals surface area contributed by atoms with Crippen LogP contribution in [0.5, 0.6) is 11.5 Å². The lowest BCUT2D eigenvalue weighted by molar-refractivity contribution is 0.187. The van der Waals surface area contributed by atoms with E-state index in [1.54, 1.807) is 11.3 Å². The predicted octanol–water partition coefficient (Wildman–Crippen LogP) is 4.86. The lowest BCUT2D eigenvalue weighted by atomic mass is 9.98. The molecule has 2 N–H and O–H groups in total. The van der Waals surface area contributed by atoms with Crippen molar-refractivity contribution in [2.45, 2.75) is 32.6 Å². The van der Waals surface area contributed by atoms with Gasteiger partial charge in [0.05, 0.1) is 13.2 Å². The van der Waals surface area contributed by atoms with Gasteiger partial charge in [-0.3, -0.25) is 4.99 Å². The summed E-state index contributed by atoms with van der Waals surface area (Å²) in [7, 11) is 0. The van der Waals surface area contributed by atoms with E-state index in [9.17, 15) is 0 Å². The monoisotopic (exact) mass is 570 g/mol. The van der Waals surface area contributed by atoms with Crippen LogP contribution in [0.1, 0.15) is 31.1 Å². The number of hydrogen-bond donors (Lipinski definition) is 2. The summed E-state index contributed by atoms with van der Waals surface area (Å²) < 4.78 is 11.6. The zero-order chi connectivity index (χ0) is 21.3. The number of halogens is 1. The van der Waals surface area contributed by atoms with Crippen LogP contribution in [0.4, 0.5) is 5.69 Å². The topological polar surface area (TPSA) is 58.1 Å². The van der Waals surface area contributed by atoms with Crippen molar-refractivity contribution in [2.75, 3.05) is 51.3 Å². The molecule has 8 heteroatoms. The molecule has 0 bridgehead atoms. The molecular weight excluding hydrogens is 535 g/mol. The first-order valence-corrected chi connectivity index (χ1v) is 12.4. The van der Waals surface area contributed by atoms with Crippen LogP contribution in [0.3, 0.4) is 0 Å². The highest BCUT2D eigenvalue weighted by molar-refractivity contribution is 14.0. The minimum atomic E-state index is 0. The number of ether oxygens (including phenoxy) is 2. The Labute approximate surface area is 212 Å². The van der Waals surface area contributed by atoms with E-state index in [1.807, 2.05) is 18.2 Å². The molecule has 2 aromatic rings. The van der Waals surface area contributed by atoms with E-state index in [4.69, 9.17) is 14.5 Å². The second-order valence-corrected chi connectivity index (χ2v) is 9.22. The number of hydrogen-bond acceptors (Lipinski definition) is 5. The molecule has 1 unspecified atom stereocenters. The molecule has 1 aromatic heterocycles. The Morgan fingerprint density at radius 2 is 2.06 bits per heavy atom. The number of nitrogens with one attached hydrogen (secondary N) is 2.